The zero-order valence-corrected chi connectivity index (χ0v) is 89.7. The lowest BCUT2D eigenvalue weighted by Gasteiger charge is -2.39. The van der Waals surface area contributed by atoms with Crippen molar-refractivity contribution in [3.8, 4) is 11.1 Å². The number of hydrogen-bond acceptors (Lipinski definition) is 28. The molecule has 10 aliphatic heterocycles. The monoisotopic (exact) mass is 2280 g/mol. The molecule has 0 bridgehead atoms. The number of aryl methyl sites for hydroxylation is 2. The quantitative estimate of drug-likeness (QED) is 0.0367. The number of rotatable bonds is 10. The molecular weight excluding hydrogens is 2170 g/mol. The van der Waals surface area contributed by atoms with Crippen LogP contribution in [0.5, 0.6) is 0 Å². The summed E-state index contributed by atoms with van der Waals surface area (Å²) in [6, 6.07) is 37.9. The lowest BCUT2D eigenvalue weighted by atomic mass is 9.78. The second-order valence-corrected chi connectivity index (χ2v) is 40.8. The maximum absolute atomic E-state index is 13.3. The van der Waals surface area contributed by atoms with Crippen molar-refractivity contribution in [2.45, 2.75) is 181 Å². The van der Waals surface area contributed by atoms with E-state index in [0.29, 0.717) is 122 Å². The molecule has 5 atom stereocenters. The van der Waals surface area contributed by atoms with Crippen LogP contribution in [0.15, 0.2) is 171 Å². The lowest BCUT2D eigenvalue weighted by Crippen LogP contribution is -2.42. The van der Waals surface area contributed by atoms with Crippen molar-refractivity contribution in [2.75, 3.05) is 151 Å². The summed E-state index contributed by atoms with van der Waals surface area (Å²) in [5, 5.41) is 31.1. The Bertz CT molecular complexity index is 6380. The van der Waals surface area contributed by atoms with Gasteiger partial charge in [-0.25, -0.2) is 14.0 Å². The van der Waals surface area contributed by atoms with Crippen molar-refractivity contribution in [3.63, 3.8) is 0 Å². The van der Waals surface area contributed by atoms with Crippen LogP contribution in [0.3, 0.4) is 0 Å². The van der Waals surface area contributed by atoms with Crippen LogP contribution in [0.2, 0.25) is 0 Å². The van der Waals surface area contributed by atoms with E-state index in [9.17, 15) is 53.3 Å². The molecule has 143 heavy (non-hydrogen) atoms. The fourth-order valence-electron chi connectivity index (χ4n) is 18.6. The van der Waals surface area contributed by atoms with Gasteiger partial charge in [-0.05, 0) is 203 Å². The maximum atomic E-state index is 13.3. The Morgan fingerprint density at radius 1 is 0.510 bits per heavy atom. The Hall–Kier alpha value is -9.75. The number of esters is 2. The predicted molar refractivity (Wildman–Crippen MR) is 567 cm³/mol. The minimum Gasteiger partial charge on any atom is -0.481 e. The first kappa shape index (κ1) is 110. The first-order chi connectivity index (χ1) is 68.6. The summed E-state index contributed by atoms with van der Waals surface area (Å²) in [5.74, 6) is -2.49. The second kappa shape index (κ2) is 51.5. The number of Topliss-reactive ketones (excluding diaryl/α,β-unsaturated/α-hetero) is 2. The molecule has 0 saturated carbocycles. The molecule has 4 fully saturated rings. The Labute approximate surface area is 873 Å². The van der Waals surface area contributed by atoms with E-state index < -0.39 is 54.6 Å². The molecule has 5 unspecified atom stereocenters. The molecular formula is C105H123BBr5FN10O21. The molecule has 10 aliphatic rings. The molecule has 0 amide bonds. The third kappa shape index (κ3) is 28.0. The van der Waals surface area contributed by atoms with Gasteiger partial charge >= 0.3 is 25.0 Å². The first-order valence-electron chi connectivity index (χ1n) is 48.2. The van der Waals surface area contributed by atoms with Gasteiger partial charge in [0, 0.05) is 209 Å². The zero-order chi connectivity index (χ0) is 103. The molecule has 6 aromatic carbocycles. The van der Waals surface area contributed by atoms with E-state index in [1.165, 1.54) is 12.1 Å². The van der Waals surface area contributed by atoms with Crippen LogP contribution in [-0.2, 0) is 82.7 Å². The number of nitrogens with two attached hydrogens (primary N) is 2. The number of pyridine rings is 4. The standard InChI is InChI=1S/C19H23N3O2.C16H16BrNO4.C14H12BrNO4.C13H16BrNO2.C13H14BrNO2.C12H19BN2O2.C11H10BrFO3.C7H13NO2/c1-12-17(9-14(20)11-21-12)13-2-3-16-18(8-13)22-5-7-24-6-4-15(22)10-19(16)23;1-2-22-16(20)14-12-5-7-21-8-6-18(12)13-9-10(17)3-4-11(13)15(14)19;15-8-1-2-9-11(7-8)16-4-6-20-5-3-10(16)12(13(9)17)14(18)19;2*14-9-1-2-11-12(7-9)15-4-6-17-5-3-10(15)8-13(11)16;1-8-10(6-9(14)7-15-8)13-16-11(2,3)12(4,5)17-13;1-2-16-11(15)6-10(14)8-4-3-7(12)5-9(8)13;1-2-10-7-3-5-9-6-4-8-7/h2-3,8-9,11,15,19,23H,4-7,10,20H2,1H3;3-4,9H,2,5-8H2,1H3;1-2,7H,3-6H2,(H,18,19);1-2,7,10,13,16H,3-6,8H2;1-2,7,10H,3-6,8H2;6-7H,14H2,1-5H3;3-5H,2,6H2,1H3;2-6H2,1H3. The summed E-state index contributed by atoms with van der Waals surface area (Å²) < 4.78 is 81.2. The molecule has 0 radical (unpaired) electrons. The van der Waals surface area contributed by atoms with Gasteiger partial charge in [0.25, 0.3) is 0 Å². The number of nitrogens with zero attached hydrogens (tertiary/aromatic N) is 8. The number of hydrogen-bond donors (Lipinski definition) is 5. The van der Waals surface area contributed by atoms with Crippen LogP contribution in [0.4, 0.5) is 32.8 Å². The van der Waals surface area contributed by atoms with Crippen LogP contribution in [0.1, 0.15) is 187 Å². The highest BCUT2D eigenvalue weighted by atomic mass is 79.9. The summed E-state index contributed by atoms with van der Waals surface area (Å²) in [7, 11) is -0.393. The summed E-state index contributed by atoms with van der Waals surface area (Å²) in [6.07, 6.45) is 9.04. The molecule has 14 heterocycles. The maximum Gasteiger partial charge on any atom is 0.496 e. The summed E-state index contributed by atoms with van der Waals surface area (Å²) >= 11 is 16.9. The molecule has 764 valence electrons. The zero-order valence-electron chi connectivity index (χ0n) is 81.8. The SMILES string of the molecule is CCOC(=O)CC(=O)c1ccc(Br)cc1F.CCOC(=O)c1c2n(c3cc(Br)ccc3c1=O)CCOCC2.CCOC1=NCCOCC1.Cc1ncc(N)cc1-c1ccc2c(c1)N1CCOCCC1CC2O.Cc1ncc(N)cc1B1OC(C)(C)C(C)(C)O1.O=C(O)c1c2n(c3cc(Br)ccc3c1=O)CCOCC2.O=C1CC2CCOCCN2c2cc(Br)ccc21.OC1CC2CCOCCN2c2cc(Br)ccc21. The first-order valence-corrected chi connectivity index (χ1v) is 52.1. The Morgan fingerprint density at radius 2 is 0.979 bits per heavy atom. The number of carboxylic acid groups (broad SMARTS) is 1. The number of carbonyl (C=O) groups is 5. The second-order valence-electron chi connectivity index (χ2n) is 36.2. The smallest absolute Gasteiger partial charge is 0.481 e. The van der Waals surface area contributed by atoms with E-state index in [4.69, 9.17) is 58.7 Å². The van der Waals surface area contributed by atoms with Gasteiger partial charge in [-0.1, -0.05) is 97.8 Å². The average molecular weight is 2290 g/mol. The van der Waals surface area contributed by atoms with Gasteiger partial charge < -0.3 is 103 Å². The average Bonchev–Trinajstić information content (AvgIpc) is 1.13. The molecule has 4 saturated heterocycles. The Kier molecular flexibility index (Phi) is 39.8. The molecule has 0 spiro atoms. The van der Waals surface area contributed by atoms with Crippen LogP contribution in [-0.4, -0.2) is 232 Å². The largest absolute Gasteiger partial charge is 0.496 e. The highest BCUT2D eigenvalue weighted by Gasteiger charge is 2.52. The van der Waals surface area contributed by atoms with Gasteiger partial charge in [-0.2, -0.15) is 0 Å². The van der Waals surface area contributed by atoms with Crippen molar-refractivity contribution in [3.05, 3.63) is 239 Å². The number of fused-ring (bicyclic) bond motifs is 15. The highest BCUT2D eigenvalue weighted by molar-refractivity contribution is 9.11. The number of aromatic carboxylic acids is 1. The molecule has 10 aromatic rings. The van der Waals surface area contributed by atoms with E-state index >= 15 is 0 Å². The molecule has 7 N–H and O–H groups in total. The highest BCUT2D eigenvalue weighted by Crippen LogP contribution is 2.44. The number of carboxylic acids is 1. The number of benzene rings is 6. The van der Waals surface area contributed by atoms with Gasteiger partial charge in [0.05, 0.1) is 138 Å². The number of nitrogen functional groups attached to an aromatic ring is 2. The topological polar surface area (TPSA) is 391 Å². The van der Waals surface area contributed by atoms with Crippen molar-refractivity contribution < 1.29 is 95.6 Å². The van der Waals surface area contributed by atoms with E-state index in [1.54, 1.807) is 56.6 Å². The van der Waals surface area contributed by atoms with Crippen LogP contribution < -0.4 is 42.5 Å². The molecule has 38 heteroatoms. The van der Waals surface area contributed by atoms with Gasteiger partial charge in [0.2, 0.25) is 10.9 Å². The minimum absolute atomic E-state index is 0.101. The predicted octanol–water partition coefficient (Wildman–Crippen LogP) is 17.2. The lowest BCUT2D eigenvalue weighted by molar-refractivity contribution is -0.142. The van der Waals surface area contributed by atoms with Crippen LogP contribution in [0.25, 0.3) is 32.9 Å². The molecule has 0 aliphatic carbocycles. The van der Waals surface area contributed by atoms with E-state index in [0.717, 1.165) is 214 Å². The number of aliphatic imine (C=N–C) groups is 1. The molecule has 4 aromatic heterocycles. The van der Waals surface area contributed by atoms with E-state index in [1.807, 2.05) is 118 Å². The number of carbonyl (C=O) groups excluding carboxylic acids is 4. The Morgan fingerprint density at radius 3 is 1.55 bits per heavy atom. The number of ether oxygens (including phenoxy) is 9. The van der Waals surface area contributed by atoms with Crippen molar-refractivity contribution in [1.82, 2.24) is 19.1 Å². The third-order valence-corrected chi connectivity index (χ3v) is 28.8. The number of ketones is 2. The fourth-order valence-corrected chi connectivity index (χ4v) is 20.3. The van der Waals surface area contributed by atoms with E-state index in [2.05, 4.69) is 132 Å². The number of anilines is 5. The van der Waals surface area contributed by atoms with E-state index in [-0.39, 0.29) is 58.4 Å². The molecule has 31 nitrogen and oxygen atoms in total. The van der Waals surface area contributed by atoms with Crippen molar-refractivity contribution in [1.29, 1.82) is 0 Å². The van der Waals surface area contributed by atoms with Gasteiger partial charge in [-0.3, -0.25) is 38.9 Å². The normalized spacial score (nSPS) is 19.5. The fraction of sp³-hybridized carbons (Fsp3) is 0.448. The number of aromatic nitrogens is 4. The number of aliphatic hydroxyl groups is 2. The van der Waals surface area contributed by atoms with Crippen LogP contribution in [0, 0.1) is 19.7 Å². The third-order valence-electron chi connectivity index (χ3n) is 26.3. The Balaban J connectivity index is 0.000000138. The summed E-state index contributed by atoms with van der Waals surface area (Å²) in [5.41, 5.74) is 25.4. The summed E-state index contributed by atoms with van der Waals surface area (Å²) in [6.45, 7) is 31.1. The van der Waals surface area contributed by atoms with Crippen LogP contribution >= 0.6 is 79.6 Å². The van der Waals surface area contributed by atoms with Gasteiger partial charge in [-0.15, -0.1) is 0 Å². The molecule has 20 rings (SSSR count). The summed E-state index contributed by atoms with van der Waals surface area (Å²) in [4.78, 5) is 103. The van der Waals surface area contributed by atoms with Crippen molar-refractivity contribution >= 4 is 178 Å². The number of aliphatic hydroxyl groups excluding tert-OH is 2. The van der Waals surface area contributed by atoms with Gasteiger partial charge in [0.15, 0.2) is 17.5 Å². The minimum atomic E-state index is -1.18. The van der Waals surface area contributed by atoms with Gasteiger partial charge in [0.1, 0.15) is 23.4 Å². The van der Waals surface area contributed by atoms with Crippen molar-refractivity contribution in [2.24, 2.45) is 4.99 Å². The number of halogens is 6.